The van der Waals surface area contributed by atoms with Crippen molar-refractivity contribution in [2.24, 2.45) is 0 Å². The molecular formula is C20H22O2. The lowest BCUT2D eigenvalue weighted by Crippen LogP contribution is -2.40. The number of hydrogen-bond acceptors (Lipinski definition) is 2. The molecule has 22 heavy (non-hydrogen) atoms. The minimum Gasteiger partial charge on any atom is -0.298 e. The second-order valence-corrected chi connectivity index (χ2v) is 6.73. The van der Waals surface area contributed by atoms with Gasteiger partial charge in [-0.3, -0.25) is 9.59 Å². The van der Waals surface area contributed by atoms with Crippen LogP contribution in [-0.4, -0.2) is 12.6 Å². The van der Waals surface area contributed by atoms with Crippen molar-refractivity contribution in [3.05, 3.63) is 70.8 Å². The Morgan fingerprint density at radius 3 is 1.09 bits per heavy atom. The van der Waals surface area contributed by atoms with Crippen molar-refractivity contribution in [1.29, 1.82) is 0 Å². The second kappa shape index (κ2) is 5.88. The van der Waals surface area contributed by atoms with Crippen LogP contribution in [0.1, 0.15) is 59.5 Å². The molecule has 2 aromatic rings. The fraction of sp³-hybridized carbons (Fsp3) is 0.300. The van der Waals surface area contributed by atoms with Gasteiger partial charge < -0.3 is 0 Å². The molecule has 0 fully saturated rings. The third-order valence-electron chi connectivity index (χ3n) is 5.10. The number of carbonyl (C=O) groups is 2. The van der Waals surface area contributed by atoms with Crippen LogP contribution in [0.3, 0.4) is 0 Å². The van der Waals surface area contributed by atoms with E-state index in [0.29, 0.717) is 11.1 Å². The number of benzene rings is 2. The first-order valence-electron chi connectivity index (χ1n) is 7.44. The van der Waals surface area contributed by atoms with Crippen LogP contribution >= 0.6 is 0 Å². The van der Waals surface area contributed by atoms with Crippen molar-refractivity contribution in [2.45, 2.75) is 38.5 Å². The molecule has 0 bridgehead atoms. The minimum absolute atomic E-state index is 0.128. The highest BCUT2D eigenvalue weighted by atomic mass is 16.1. The molecule has 0 N–H and O–H groups in total. The van der Waals surface area contributed by atoms with E-state index < -0.39 is 0 Å². The highest BCUT2D eigenvalue weighted by Gasteiger charge is 2.39. The molecule has 0 heterocycles. The number of rotatable bonds is 5. The van der Waals surface area contributed by atoms with Gasteiger partial charge in [0.05, 0.1) is 0 Å². The van der Waals surface area contributed by atoms with Crippen LogP contribution in [0.4, 0.5) is 0 Å². The molecule has 0 amide bonds. The van der Waals surface area contributed by atoms with Gasteiger partial charge >= 0.3 is 0 Å². The van der Waals surface area contributed by atoms with E-state index >= 15 is 0 Å². The Balaban J connectivity index is 2.43. The number of carbonyl (C=O) groups excluding carboxylic acids is 2. The van der Waals surface area contributed by atoms with Gasteiger partial charge in [0.25, 0.3) is 0 Å². The van der Waals surface area contributed by atoms with E-state index in [-0.39, 0.29) is 10.8 Å². The molecule has 0 radical (unpaired) electrons. The summed E-state index contributed by atoms with van der Waals surface area (Å²) in [5.41, 5.74) is 3.49. The van der Waals surface area contributed by atoms with Gasteiger partial charge in [0.15, 0.2) is 0 Å². The Kier molecular flexibility index (Phi) is 4.32. The second-order valence-electron chi connectivity index (χ2n) is 6.73. The molecule has 0 unspecified atom stereocenters. The molecule has 2 heteroatoms. The summed E-state index contributed by atoms with van der Waals surface area (Å²) in [6, 6.07) is 15.5. The van der Waals surface area contributed by atoms with Crippen LogP contribution in [0.2, 0.25) is 0 Å². The molecule has 2 aromatic carbocycles. The molecule has 0 aliphatic carbocycles. The first kappa shape index (κ1) is 16.2. The van der Waals surface area contributed by atoms with Crippen molar-refractivity contribution >= 4 is 12.6 Å². The lowest BCUT2D eigenvalue weighted by atomic mass is 9.61. The monoisotopic (exact) mass is 294 g/mol. The van der Waals surface area contributed by atoms with Crippen LogP contribution in [0.5, 0.6) is 0 Å². The number of aldehydes is 2. The summed E-state index contributed by atoms with van der Waals surface area (Å²) in [5.74, 6) is 0. The highest BCUT2D eigenvalue weighted by Crippen LogP contribution is 2.43. The lowest BCUT2D eigenvalue weighted by molar-refractivity contribution is 0.111. The Hall–Kier alpha value is -2.22. The SMILES string of the molecule is CC(C)(c1ccc(C=O)cc1)C(C)(C)c1ccc(C=O)cc1. The molecular weight excluding hydrogens is 272 g/mol. The lowest BCUT2D eigenvalue weighted by Gasteiger charge is -2.43. The van der Waals surface area contributed by atoms with Crippen molar-refractivity contribution in [3.8, 4) is 0 Å². The highest BCUT2D eigenvalue weighted by molar-refractivity contribution is 5.75. The van der Waals surface area contributed by atoms with Gasteiger partial charge in [0.2, 0.25) is 0 Å². The third-order valence-corrected chi connectivity index (χ3v) is 5.10. The first-order chi connectivity index (χ1) is 10.3. The quantitative estimate of drug-likeness (QED) is 0.757. The van der Waals surface area contributed by atoms with Gasteiger partial charge in [-0.1, -0.05) is 76.2 Å². The smallest absolute Gasteiger partial charge is 0.150 e. The summed E-state index contributed by atoms with van der Waals surface area (Å²) in [5, 5.41) is 0. The summed E-state index contributed by atoms with van der Waals surface area (Å²) in [4.78, 5) is 21.6. The predicted octanol–water partition coefficient (Wildman–Crippen LogP) is 4.57. The third kappa shape index (κ3) is 2.74. The molecule has 2 rings (SSSR count). The van der Waals surface area contributed by atoms with Gasteiger partial charge in [-0.2, -0.15) is 0 Å². The van der Waals surface area contributed by atoms with E-state index in [1.807, 2.05) is 48.5 Å². The van der Waals surface area contributed by atoms with E-state index in [1.165, 1.54) is 11.1 Å². The van der Waals surface area contributed by atoms with Crippen LogP contribution in [0.15, 0.2) is 48.5 Å². The maximum atomic E-state index is 10.8. The van der Waals surface area contributed by atoms with Crippen molar-refractivity contribution in [1.82, 2.24) is 0 Å². The Labute approximate surface area is 132 Å². The van der Waals surface area contributed by atoms with Gasteiger partial charge in [-0.05, 0) is 22.0 Å². The molecule has 0 aliphatic rings. The molecule has 0 aliphatic heterocycles. The standard InChI is InChI=1S/C20H22O2/c1-19(2,17-9-5-15(13-21)6-10-17)20(3,4)18-11-7-16(14-22)8-12-18/h5-14H,1-4H3. The van der Waals surface area contributed by atoms with E-state index in [2.05, 4.69) is 27.7 Å². The zero-order valence-corrected chi connectivity index (χ0v) is 13.6. The van der Waals surface area contributed by atoms with E-state index in [0.717, 1.165) is 12.6 Å². The molecule has 0 atom stereocenters. The van der Waals surface area contributed by atoms with Gasteiger partial charge in [-0.25, -0.2) is 0 Å². The molecule has 0 spiro atoms. The number of hydrogen-bond donors (Lipinski definition) is 0. The van der Waals surface area contributed by atoms with Gasteiger partial charge in [0, 0.05) is 11.1 Å². The predicted molar refractivity (Wildman–Crippen MR) is 89.7 cm³/mol. The minimum atomic E-state index is -0.128. The maximum absolute atomic E-state index is 10.8. The molecule has 0 aromatic heterocycles. The van der Waals surface area contributed by atoms with Crippen molar-refractivity contribution in [3.63, 3.8) is 0 Å². The zero-order chi connectivity index (χ0) is 16.4. The first-order valence-corrected chi connectivity index (χ1v) is 7.44. The van der Waals surface area contributed by atoms with Crippen LogP contribution < -0.4 is 0 Å². The molecule has 0 saturated heterocycles. The summed E-state index contributed by atoms with van der Waals surface area (Å²) < 4.78 is 0. The summed E-state index contributed by atoms with van der Waals surface area (Å²) in [6.45, 7) is 8.82. The zero-order valence-electron chi connectivity index (χ0n) is 13.6. The van der Waals surface area contributed by atoms with Crippen LogP contribution in [-0.2, 0) is 10.8 Å². The summed E-state index contributed by atoms with van der Waals surface area (Å²) >= 11 is 0. The average molecular weight is 294 g/mol. The molecule has 2 nitrogen and oxygen atoms in total. The molecule has 114 valence electrons. The van der Waals surface area contributed by atoms with E-state index in [9.17, 15) is 9.59 Å². The topological polar surface area (TPSA) is 34.1 Å². The fourth-order valence-corrected chi connectivity index (χ4v) is 2.68. The maximum Gasteiger partial charge on any atom is 0.150 e. The van der Waals surface area contributed by atoms with Crippen molar-refractivity contribution < 1.29 is 9.59 Å². The normalized spacial score (nSPS) is 12.0. The van der Waals surface area contributed by atoms with Gasteiger partial charge in [0.1, 0.15) is 12.6 Å². The Bertz CT molecular complexity index is 600. The van der Waals surface area contributed by atoms with E-state index in [4.69, 9.17) is 0 Å². The summed E-state index contributed by atoms with van der Waals surface area (Å²) in [6.07, 6.45) is 1.72. The average Bonchev–Trinajstić information content (AvgIpc) is 2.54. The van der Waals surface area contributed by atoms with Crippen LogP contribution in [0, 0.1) is 0 Å². The largest absolute Gasteiger partial charge is 0.298 e. The van der Waals surface area contributed by atoms with Gasteiger partial charge in [-0.15, -0.1) is 0 Å². The van der Waals surface area contributed by atoms with Crippen LogP contribution in [0.25, 0.3) is 0 Å². The molecule has 0 saturated carbocycles. The van der Waals surface area contributed by atoms with E-state index in [1.54, 1.807) is 0 Å². The fourth-order valence-electron chi connectivity index (χ4n) is 2.68. The summed E-state index contributed by atoms with van der Waals surface area (Å²) in [7, 11) is 0. The van der Waals surface area contributed by atoms with Crippen molar-refractivity contribution in [2.75, 3.05) is 0 Å². The Morgan fingerprint density at radius 2 is 0.864 bits per heavy atom. The Morgan fingerprint density at radius 1 is 0.591 bits per heavy atom.